The molecule has 0 radical (unpaired) electrons. The van der Waals surface area contributed by atoms with Crippen LogP contribution >= 0.6 is 0 Å². The van der Waals surface area contributed by atoms with Gasteiger partial charge in [0.25, 0.3) is 5.91 Å². The Hall–Kier alpha value is -3.08. The van der Waals surface area contributed by atoms with Crippen LogP contribution < -0.4 is 15.7 Å². The van der Waals surface area contributed by atoms with E-state index in [9.17, 15) is 9.59 Å². The van der Waals surface area contributed by atoms with Crippen molar-refractivity contribution < 1.29 is 13.9 Å². The summed E-state index contributed by atoms with van der Waals surface area (Å²) in [4.78, 5) is 24.3. The van der Waals surface area contributed by atoms with Gasteiger partial charge < -0.3 is 14.5 Å². The maximum Gasteiger partial charge on any atom is 0.336 e. The summed E-state index contributed by atoms with van der Waals surface area (Å²) in [5, 5.41) is 3.96. The van der Waals surface area contributed by atoms with Gasteiger partial charge in [0.2, 0.25) is 0 Å². The molecule has 1 atom stereocenters. The van der Waals surface area contributed by atoms with Gasteiger partial charge in [0.05, 0.1) is 6.04 Å². The fourth-order valence-electron chi connectivity index (χ4n) is 4.02. The average molecular weight is 391 g/mol. The number of carbonyl (C=O) groups excluding carboxylic acids is 1. The summed E-state index contributed by atoms with van der Waals surface area (Å²) in [5.74, 6) is 0.544. The van der Waals surface area contributed by atoms with E-state index >= 15 is 0 Å². The van der Waals surface area contributed by atoms with Gasteiger partial charge in [0.15, 0.2) is 6.61 Å². The molecule has 1 aliphatic carbocycles. The van der Waals surface area contributed by atoms with Crippen LogP contribution in [0.4, 0.5) is 0 Å². The van der Waals surface area contributed by atoms with Crippen molar-refractivity contribution in [3.63, 3.8) is 0 Å². The lowest BCUT2D eigenvalue weighted by Crippen LogP contribution is -2.34. The molecular weight excluding hydrogens is 366 g/mol. The van der Waals surface area contributed by atoms with Gasteiger partial charge in [-0.2, -0.15) is 0 Å². The number of rotatable bonds is 5. The lowest BCUT2D eigenvalue weighted by molar-refractivity contribution is -0.123. The molecule has 0 spiro atoms. The number of aryl methyl sites for hydroxylation is 1. The number of nitrogens with one attached hydrogen (secondary N) is 1. The standard InChI is InChI=1S/C24H25NO4/c1-15(2)20-13-24(27)29-22-12-17(10-11-19(20)22)28-14-23(26)25-21-9-5-7-16-6-3-4-8-18(16)21/h3-4,6,8,10-13,15,21H,5,7,9,14H2,1-2H3,(H,25,26). The average Bonchev–Trinajstić information content (AvgIpc) is 2.71. The molecule has 4 rings (SSSR count). The van der Waals surface area contributed by atoms with Gasteiger partial charge in [0, 0.05) is 17.5 Å². The van der Waals surface area contributed by atoms with E-state index in [1.54, 1.807) is 12.1 Å². The van der Waals surface area contributed by atoms with Crippen LogP contribution in [0.25, 0.3) is 11.0 Å². The molecule has 2 aromatic carbocycles. The molecule has 0 saturated heterocycles. The van der Waals surface area contributed by atoms with E-state index in [4.69, 9.17) is 9.15 Å². The third-order valence-electron chi connectivity index (χ3n) is 5.44. The summed E-state index contributed by atoms with van der Waals surface area (Å²) in [5.41, 5.74) is 3.53. The highest BCUT2D eigenvalue weighted by molar-refractivity contribution is 5.82. The highest BCUT2D eigenvalue weighted by Gasteiger charge is 2.21. The van der Waals surface area contributed by atoms with Crippen LogP contribution in [-0.4, -0.2) is 12.5 Å². The van der Waals surface area contributed by atoms with Crippen molar-refractivity contribution in [3.8, 4) is 5.75 Å². The molecule has 0 fully saturated rings. The van der Waals surface area contributed by atoms with E-state index < -0.39 is 0 Å². The number of amides is 1. The Balaban J connectivity index is 1.45. The molecule has 1 N–H and O–H groups in total. The normalized spacial score (nSPS) is 15.9. The predicted molar refractivity (Wildman–Crippen MR) is 112 cm³/mol. The van der Waals surface area contributed by atoms with E-state index in [1.807, 2.05) is 32.0 Å². The summed E-state index contributed by atoms with van der Waals surface area (Å²) >= 11 is 0. The van der Waals surface area contributed by atoms with Crippen LogP contribution in [0.1, 0.15) is 55.3 Å². The van der Waals surface area contributed by atoms with Gasteiger partial charge in [0.1, 0.15) is 11.3 Å². The quantitative estimate of drug-likeness (QED) is 0.651. The van der Waals surface area contributed by atoms with E-state index in [2.05, 4.69) is 17.4 Å². The SMILES string of the molecule is CC(C)c1cc(=O)oc2cc(OCC(=O)NC3CCCc4ccccc43)ccc12. The fraction of sp³-hybridized carbons (Fsp3) is 0.333. The van der Waals surface area contributed by atoms with Crippen molar-refractivity contribution >= 4 is 16.9 Å². The summed E-state index contributed by atoms with van der Waals surface area (Å²) in [6.45, 7) is 3.98. The van der Waals surface area contributed by atoms with Crippen molar-refractivity contribution in [1.82, 2.24) is 5.32 Å². The van der Waals surface area contributed by atoms with Crippen LogP contribution in [-0.2, 0) is 11.2 Å². The summed E-state index contributed by atoms with van der Waals surface area (Å²) in [6.07, 6.45) is 3.05. The molecular formula is C24H25NO4. The van der Waals surface area contributed by atoms with E-state index in [-0.39, 0.29) is 30.1 Å². The van der Waals surface area contributed by atoms with Gasteiger partial charge in [-0.3, -0.25) is 4.79 Å². The Kier molecular flexibility index (Phi) is 5.38. The summed E-state index contributed by atoms with van der Waals surface area (Å²) < 4.78 is 11.0. The lowest BCUT2D eigenvalue weighted by atomic mass is 9.88. The third kappa shape index (κ3) is 4.19. The summed E-state index contributed by atoms with van der Waals surface area (Å²) in [7, 11) is 0. The first kappa shape index (κ1) is 19.2. The van der Waals surface area contributed by atoms with Crippen molar-refractivity contribution in [2.75, 3.05) is 6.61 Å². The molecule has 5 nitrogen and oxygen atoms in total. The van der Waals surface area contributed by atoms with Gasteiger partial charge in [-0.25, -0.2) is 4.79 Å². The summed E-state index contributed by atoms with van der Waals surface area (Å²) in [6, 6.07) is 15.2. The highest BCUT2D eigenvalue weighted by atomic mass is 16.5. The van der Waals surface area contributed by atoms with E-state index in [0.29, 0.717) is 11.3 Å². The van der Waals surface area contributed by atoms with Crippen LogP contribution in [0.3, 0.4) is 0 Å². The number of benzene rings is 2. The second-order valence-electron chi connectivity index (χ2n) is 7.83. The molecule has 1 amide bonds. The Morgan fingerprint density at radius 2 is 2.03 bits per heavy atom. The minimum atomic E-state index is -0.382. The maximum absolute atomic E-state index is 12.4. The maximum atomic E-state index is 12.4. The monoisotopic (exact) mass is 391 g/mol. The van der Waals surface area contributed by atoms with Crippen molar-refractivity contribution in [2.45, 2.75) is 45.1 Å². The number of hydrogen-bond acceptors (Lipinski definition) is 4. The molecule has 0 bridgehead atoms. The molecule has 1 aliphatic rings. The van der Waals surface area contributed by atoms with Crippen molar-refractivity contribution in [2.24, 2.45) is 0 Å². The Morgan fingerprint density at radius 3 is 2.86 bits per heavy atom. The number of ether oxygens (including phenoxy) is 1. The molecule has 1 aromatic heterocycles. The van der Waals surface area contributed by atoms with E-state index in [0.717, 1.165) is 30.2 Å². The zero-order chi connectivity index (χ0) is 20.4. The molecule has 1 heterocycles. The zero-order valence-electron chi connectivity index (χ0n) is 16.7. The zero-order valence-corrected chi connectivity index (χ0v) is 16.7. The van der Waals surface area contributed by atoms with Crippen molar-refractivity contribution in [3.05, 3.63) is 75.6 Å². The number of fused-ring (bicyclic) bond motifs is 2. The lowest BCUT2D eigenvalue weighted by Gasteiger charge is -2.26. The second-order valence-corrected chi connectivity index (χ2v) is 7.83. The molecule has 0 saturated carbocycles. The molecule has 0 aliphatic heterocycles. The Morgan fingerprint density at radius 1 is 1.21 bits per heavy atom. The molecule has 29 heavy (non-hydrogen) atoms. The first-order valence-corrected chi connectivity index (χ1v) is 10.1. The largest absolute Gasteiger partial charge is 0.484 e. The van der Waals surface area contributed by atoms with Crippen molar-refractivity contribution in [1.29, 1.82) is 0 Å². The molecule has 1 unspecified atom stereocenters. The first-order valence-electron chi connectivity index (χ1n) is 10.1. The number of hydrogen-bond donors (Lipinski definition) is 1. The predicted octanol–water partition coefficient (Wildman–Crippen LogP) is 4.49. The second kappa shape index (κ2) is 8.11. The minimum absolute atomic E-state index is 0.0271. The number of carbonyl (C=O) groups is 1. The molecule has 5 heteroatoms. The smallest absolute Gasteiger partial charge is 0.336 e. The minimum Gasteiger partial charge on any atom is -0.484 e. The van der Waals surface area contributed by atoms with Gasteiger partial charge in [-0.15, -0.1) is 0 Å². The Bertz CT molecular complexity index is 1100. The third-order valence-corrected chi connectivity index (χ3v) is 5.44. The van der Waals surface area contributed by atoms with Gasteiger partial charge in [-0.05, 0) is 54.0 Å². The van der Waals surface area contributed by atoms with E-state index in [1.165, 1.54) is 17.2 Å². The molecule has 150 valence electrons. The first-order chi connectivity index (χ1) is 14.0. The van der Waals surface area contributed by atoms with Crippen LogP contribution in [0.15, 0.2) is 57.7 Å². The van der Waals surface area contributed by atoms with Crippen LogP contribution in [0, 0.1) is 0 Å². The highest BCUT2D eigenvalue weighted by Crippen LogP contribution is 2.30. The van der Waals surface area contributed by atoms with Gasteiger partial charge in [-0.1, -0.05) is 38.1 Å². The van der Waals surface area contributed by atoms with Crippen LogP contribution in [0.2, 0.25) is 0 Å². The van der Waals surface area contributed by atoms with Gasteiger partial charge >= 0.3 is 5.63 Å². The van der Waals surface area contributed by atoms with Crippen LogP contribution in [0.5, 0.6) is 5.75 Å². The fourth-order valence-corrected chi connectivity index (χ4v) is 4.02. The Labute approximate surface area is 169 Å². The molecule has 3 aromatic rings. The topological polar surface area (TPSA) is 68.5 Å².